The Balaban J connectivity index is 1.70. The highest BCUT2D eigenvalue weighted by Gasteiger charge is 2.19. The Morgan fingerprint density at radius 2 is 1.68 bits per heavy atom. The molecule has 0 unspecified atom stereocenters. The standard InChI is InChI=1S/C18H23BN2O4/c22-12-10-21(11-13-23)25-19(24)9-8-14-4-3-6-16-15-5-1-2-7-17(15)20-18(14)16/h1-7,20,22-24H,8-13H2. The Morgan fingerprint density at radius 3 is 2.44 bits per heavy atom. The van der Waals surface area contributed by atoms with Crippen molar-refractivity contribution in [3.63, 3.8) is 0 Å². The number of hydrogen-bond acceptors (Lipinski definition) is 5. The quantitative estimate of drug-likeness (QED) is 0.350. The van der Waals surface area contributed by atoms with Crippen molar-refractivity contribution in [2.75, 3.05) is 26.3 Å². The van der Waals surface area contributed by atoms with Crippen molar-refractivity contribution in [3.05, 3.63) is 48.0 Å². The Kier molecular flexibility index (Phi) is 6.07. The molecule has 7 heteroatoms. The lowest BCUT2D eigenvalue weighted by molar-refractivity contribution is -0.0927. The zero-order valence-corrected chi connectivity index (χ0v) is 14.1. The normalized spacial score (nSPS) is 11.7. The van der Waals surface area contributed by atoms with Gasteiger partial charge in [0.25, 0.3) is 0 Å². The number of aliphatic hydroxyl groups excluding tert-OH is 2. The number of aromatic amines is 1. The Bertz CT molecular complexity index is 817. The fourth-order valence-corrected chi connectivity index (χ4v) is 3.09. The molecule has 1 aromatic heterocycles. The van der Waals surface area contributed by atoms with Crippen molar-refractivity contribution in [1.29, 1.82) is 0 Å². The number of H-pyrrole nitrogens is 1. The van der Waals surface area contributed by atoms with Crippen LogP contribution < -0.4 is 0 Å². The number of fused-ring (bicyclic) bond motifs is 3. The Hall–Kier alpha value is -1.90. The van der Waals surface area contributed by atoms with Crippen LogP contribution in [0.5, 0.6) is 0 Å². The molecule has 6 nitrogen and oxygen atoms in total. The number of rotatable bonds is 9. The van der Waals surface area contributed by atoms with Crippen molar-refractivity contribution in [1.82, 2.24) is 10.0 Å². The molecule has 0 amide bonds. The van der Waals surface area contributed by atoms with Crippen LogP contribution in [0.3, 0.4) is 0 Å². The molecule has 2 aromatic carbocycles. The zero-order chi connectivity index (χ0) is 17.6. The number of nitrogens with one attached hydrogen (secondary N) is 1. The van der Waals surface area contributed by atoms with E-state index in [-0.39, 0.29) is 26.3 Å². The molecular weight excluding hydrogens is 319 g/mol. The van der Waals surface area contributed by atoms with Gasteiger partial charge >= 0.3 is 7.12 Å². The lowest BCUT2D eigenvalue weighted by Crippen LogP contribution is -2.36. The summed E-state index contributed by atoms with van der Waals surface area (Å²) < 4.78 is 5.38. The largest absolute Gasteiger partial charge is 0.472 e. The van der Waals surface area contributed by atoms with Gasteiger partial charge in [-0.25, -0.2) is 0 Å². The van der Waals surface area contributed by atoms with Gasteiger partial charge in [-0.3, -0.25) is 0 Å². The molecule has 0 fully saturated rings. The molecule has 0 saturated heterocycles. The first kappa shape index (κ1) is 17.9. The summed E-state index contributed by atoms with van der Waals surface area (Å²) in [5.74, 6) is 0. The number of benzene rings is 2. The van der Waals surface area contributed by atoms with E-state index in [0.29, 0.717) is 12.7 Å². The van der Waals surface area contributed by atoms with Crippen LogP contribution in [0.4, 0.5) is 0 Å². The minimum atomic E-state index is -0.988. The number of aromatic nitrogens is 1. The lowest BCUT2D eigenvalue weighted by atomic mass is 9.82. The van der Waals surface area contributed by atoms with Gasteiger partial charge < -0.3 is 25.0 Å². The van der Waals surface area contributed by atoms with Crippen molar-refractivity contribution in [2.24, 2.45) is 0 Å². The molecule has 0 radical (unpaired) electrons. The first-order valence-corrected chi connectivity index (χ1v) is 8.52. The molecule has 0 atom stereocenters. The van der Waals surface area contributed by atoms with Crippen LogP contribution in [0, 0.1) is 0 Å². The van der Waals surface area contributed by atoms with Crippen molar-refractivity contribution in [2.45, 2.75) is 12.7 Å². The average molecular weight is 342 g/mol. The minimum absolute atomic E-state index is 0.0961. The van der Waals surface area contributed by atoms with Crippen LogP contribution >= 0.6 is 0 Å². The maximum atomic E-state index is 10.1. The van der Waals surface area contributed by atoms with Gasteiger partial charge in [0.2, 0.25) is 0 Å². The fraction of sp³-hybridized carbons (Fsp3) is 0.333. The second-order valence-corrected chi connectivity index (χ2v) is 5.99. The predicted octanol–water partition coefficient (Wildman–Crippen LogP) is 1.56. The number of hydrogen-bond donors (Lipinski definition) is 4. The van der Waals surface area contributed by atoms with Gasteiger partial charge in [-0.15, -0.1) is 0 Å². The molecule has 4 N–H and O–H groups in total. The molecule has 132 valence electrons. The van der Waals surface area contributed by atoms with Gasteiger partial charge in [-0.1, -0.05) is 36.4 Å². The maximum Gasteiger partial charge on any atom is 0.472 e. The SMILES string of the molecule is OCCN(CCO)OB(O)CCc1cccc2c1[nH]c1ccccc12. The third kappa shape index (κ3) is 4.20. The maximum absolute atomic E-state index is 10.1. The molecule has 0 spiro atoms. The van der Waals surface area contributed by atoms with Crippen molar-refractivity contribution in [3.8, 4) is 0 Å². The monoisotopic (exact) mass is 342 g/mol. The molecule has 0 aliphatic carbocycles. The van der Waals surface area contributed by atoms with Crippen LogP contribution in [0.2, 0.25) is 6.32 Å². The number of para-hydroxylation sites is 2. The first-order chi connectivity index (χ1) is 12.2. The summed E-state index contributed by atoms with van der Waals surface area (Å²) in [6.45, 7) is 0.298. The highest BCUT2D eigenvalue weighted by molar-refractivity contribution is 6.42. The average Bonchev–Trinajstić information content (AvgIpc) is 3.00. The third-order valence-corrected chi connectivity index (χ3v) is 4.26. The summed E-state index contributed by atoms with van der Waals surface area (Å²) >= 11 is 0. The molecular formula is C18H23BN2O4. The molecule has 0 saturated carbocycles. The Labute approximate surface area is 146 Å². The van der Waals surface area contributed by atoms with Crippen molar-refractivity contribution >= 4 is 28.9 Å². The van der Waals surface area contributed by atoms with E-state index in [1.807, 2.05) is 24.3 Å². The van der Waals surface area contributed by atoms with Gasteiger partial charge in [0.05, 0.1) is 13.2 Å². The predicted molar refractivity (Wildman–Crippen MR) is 99.1 cm³/mol. The van der Waals surface area contributed by atoms with Gasteiger partial charge in [-0.2, -0.15) is 5.06 Å². The summed E-state index contributed by atoms with van der Waals surface area (Å²) in [4.78, 5) is 3.45. The molecule has 0 aliphatic rings. The number of hydroxylamine groups is 2. The molecule has 25 heavy (non-hydrogen) atoms. The van der Waals surface area contributed by atoms with E-state index < -0.39 is 7.12 Å². The van der Waals surface area contributed by atoms with E-state index in [1.165, 1.54) is 15.8 Å². The summed E-state index contributed by atoms with van der Waals surface area (Å²) in [6.07, 6.45) is 1.07. The third-order valence-electron chi connectivity index (χ3n) is 4.26. The smallest absolute Gasteiger partial charge is 0.426 e. The van der Waals surface area contributed by atoms with Crippen LogP contribution in [0.25, 0.3) is 21.8 Å². The molecule has 1 heterocycles. The lowest BCUT2D eigenvalue weighted by Gasteiger charge is -2.21. The van der Waals surface area contributed by atoms with Crippen molar-refractivity contribution < 1.29 is 20.0 Å². The van der Waals surface area contributed by atoms with E-state index in [9.17, 15) is 5.02 Å². The molecule has 0 bridgehead atoms. The first-order valence-electron chi connectivity index (χ1n) is 8.52. The van der Waals surface area contributed by atoms with Crippen LogP contribution in [-0.4, -0.2) is 58.7 Å². The van der Waals surface area contributed by atoms with Gasteiger partial charge in [0.1, 0.15) is 0 Å². The van der Waals surface area contributed by atoms with E-state index >= 15 is 0 Å². The van der Waals surface area contributed by atoms with Gasteiger partial charge in [0, 0.05) is 34.9 Å². The van der Waals surface area contributed by atoms with E-state index in [4.69, 9.17) is 15.0 Å². The summed E-state index contributed by atoms with van der Waals surface area (Å²) in [7, 11) is -0.988. The number of aliphatic hydroxyl groups is 2. The minimum Gasteiger partial charge on any atom is -0.426 e. The topological polar surface area (TPSA) is 89.0 Å². The van der Waals surface area contributed by atoms with Gasteiger partial charge in [-0.05, 0) is 24.4 Å². The fourth-order valence-electron chi connectivity index (χ4n) is 3.09. The van der Waals surface area contributed by atoms with Crippen LogP contribution in [-0.2, 0) is 11.2 Å². The number of nitrogens with zero attached hydrogens (tertiary/aromatic N) is 1. The van der Waals surface area contributed by atoms with E-state index in [2.05, 4.69) is 23.2 Å². The van der Waals surface area contributed by atoms with Crippen LogP contribution in [0.15, 0.2) is 42.5 Å². The van der Waals surface area contributed by atoms with E-state index in [1.54, 1.807) is 0 Å². The Morgan fingerprint density at radius 1 is 0.960 bits per heavy atom. The second-order valence-electron chi connectivity index (χ2n) is 5.99. The summed E-state index contributed by atoms with van der Waals surface area (Å²) in [5, 5.41) is 31.8. The number of aryl methyl sites for hydroxylation is 1. The zero-order valence-electron chi connectivity index (χ0n) is 14.1. The molecule has 3 rings (SSSR count). The molecule has 0 aliphatic heterocycles. The van der Waals surface area contributed by atoms with E-state index in [0.717, 1.165) is 16.6 Å². The summed E-state index contributed by atoms with van der Waals surface area (Å²) in [6, 6.07) is 14.3. The van der Waals surface area contributed by atoms with Gasteiger partial charge in [0.15, 0.2) is 0 Å². The second kappa shape index (κ2) is 8.46. The van der Waals surface area contributed by atoms with Crippen LogP contribution in [0.1, 0.15) is 5.56 Å². The summed E-state index contributed by atoms with van der Waals surface area (Å²) in [5.41, 5.74) is 3.30. The highest BCUT2D eigenvalue weighted by atomic mass is 16.7. The molecule has 3 aromatic rings. The highest BCUT2D eigenvalue weighted by Crippen LogP contribution is 2.28.